The Kier molecular flexibility index (Phi) is 6.50. The summed E-state index contributed by atoms with van der Waals surface area (Å²) in [5.74, 6) is 0.0984. The van der Waals surface area contributed by atoms with Gasteiger partial charge in [0.05, 0.1) is 12.3 Å². The number of nitrogens with zero attached hydrogens (tertiary/aromatic N) is 2. The highest BCUT2D eigenvalue weighted by molar-refractivity contribution is 8.00. The lowest BCUT2D eigenvalue weighted by Gasteiger charge is -2.19. The maximum Gasteiger partial charge on any atom is 0.237 e. The second-order valence-corrected chi connectivity index (χ2v) is 8.08. The van der Waals surface area contributed by atoms with Gasteiger partial charge in [0.1, 0.15) is 0 Å². The van der Waals surface area contributed by atoms with Gasteiger partial charge in [-0.3, -0.25) is 4.79 Å². The Bertz CT molecular complexity index is 588. The number of nitrogens with two attached hydrogens (primary N) is 1. The average Bonchev–Trinajstić information content (AvgIpc) is 2.40. The second kappa shape index (κ2) is 7.67. The molecule has 2 N–H and O–H groups in total. The van der Waals surface area contributed by atoms with Crippen LogP contribution in [0.1, 0.15) is 0 Å². The molecule has 0 atom stereocenters. The number of rotatable bonds is 7. The zero-order chi connectivity index (χ0) is 16.0. The molecule has 0 unspecified atom stereocenters. The van der Waals surface area contributed by atoms with Crippen LogP contribution in [0.15, 0.2) is 29.2 Å². The Balaban J connectivity index is 2.53. The van der Waals surface area contributed by atoms with Crippen LogP contribution >= 0.6 is 11.8 Å². The van der Waals surface area contributed by atoms with Crippen LogP contribution in [0, 0.1) is 0 Å². The van der Waals surface area contributed by atoms with E-state index in [1.807, 2.05) is 18.2 Å². The lowest BCUT2D eigenvalue weighted by atomic mass is 10.3. The van der Waals surface area contributed by atoms with Crippen molar-refractivity contribution in [3.05, 3.63) is 24.3 Å². The molecule has 0 aliphatic carbocycles. The van der Waals surface area contributed by atoms with Crippen molar-refractivity contribution in [1.82, 2.24) is 9.21 Å². The molecule has 0 aromatic heterocycles. The van der Waals surface area contributed by atoms with Gasteiger partial charge in [-0.1, -0.05) is 12.1 Å². The average molecular weight is 331 g/mol. The number of hydrogen-bond donors (Lipinski definition) is 1. The number of carbonyl (C=O) groups is 1. The fraction of sp³-hybridized carbons (Fsp3) is 0.462. The van der Waals surface area contributed by atoms with E-state index in [1.54, 1.807) is 20.2 Å². The molecule has 0 saturated heterocycles. The van der Waals surface area contributed by atoms with Gasteiger partial charge in [-0.2, -0.15) is 4.31 Å². The van der Waals surface area contributed by atoms with Crippen LogP contribution in [0.25, 0.3) is 0 Å². The lowest BCUT2D eigenvalue weighted by molar-refractivity contribution is -0.128. The topological polar surface area (TPSA) is 83.7 Å². The standard InChI is InChI=1S/C13H21N3O3S2/c1-15(2)13(17)10-16(3)21(18,19)9-8-20-12-7-5-4-6-11(12)14/h4-7H,8-10,14H2,1-3H3. The summed E-state index contributed by atoms with van der Waals surface area (Å²) in [6, 6.07) is 7.32. The summed E-state index contributed by atoms with van der Waals surface area (Å²) in [6.07, 6.45) is 0. The molecule has 8 heteroatoms. The zero-order valence-electron chi connectivity index (χ0n) is 12.4. The summed E-state index contributed by atoms with van der Waals surface area (Å²) in [6.45, 7) is -0.145. The Morgan fingerprint density at radius 1 is 1.24 bits per heavy atom. The highest BCUT2D eigenvalue weighted by atomic mass is 32.2. The number of hydrogen-bond acceptors (Lipinski definition) is 5. The van der Waals surface area contributed by atoms with Gasteiger partial charge in [-0.05, 0) is 12.1 Å². The number of anilines is 1. The van der Waals surface area contributed by atoms with E-state index in [1.165, 1.54) is 23.7 Å². The predicted molar refractivity (Wildman–Crippen MR) is 86.7 cm³/mol. The molecular weight excluding hydrogens is 310 g/mol. The van der Waals surface area contributed by atoms with Crippen molar-refractivity contribution in [2.24, 2.45) is 0 Å². The minimum Gasteiger partial charge on any atom is -0.398 e. The monoisotopic (exact) mass is 331 g/mol. The first-order valence-electron chi connectivity index (χ1n) is 6.35. The first-order valence-corrected chi connectivity index (χ1v) is 8.95. The van der Waals surface area contributed by atoms with Gasteiger partial charge in [0.2, 0.25) is 15.9 Å². The third-order valence-electron chi connectivity index (χ3n) is 2.85. The van der Waals surface area contributed by atoms with E-state index in [0.717, 1.165) is 9.20 Å². The molecule has 1 rings (SSSR count). The summed E-state index contributed by atoms with van der Waals surface area (Å²) in [5, 5.41) is 0. The van der Waals surface area contributed by atoms with Crippen molar-refractivity contribution in [2.45, 2.75) is 4.90 Å². The molecule has 0 radical (unpaired) electrons. The number of amides is 1. The van der Waals surface area contributed by atoms with Crippen LogP contribution in [0.4, 0.5) is 5.69 Å². The third kappa shape index (κ3) is 5.56. The molecule has 6 nitrogen and oxygen atoms in total. The Labute approximate surface area is 130 Å². The molecule has 1 aromatic rings. The molecular formula is C13H21N3O3S2. The van der Waals surface area contributed by atoms with Crippen LogP contribution in [0.2, 0.25) is 0 Å². The largest absolute Gasteiger partial charge is 0.398 e. The minimum atomic E-state index is -3.45. The van der Waals surface area contributed by atoms with E-state index in [2.05, 4.69) is 0 Å². The molecule has 21 heavy (non-hydrogen) atoms. The van der Waals surface area contributed by atoms with Crippen LogP contribution in [0.5, 0.6) is 0 Å². The fourth-order valence-corrected chi connectivity index (χ4v) is 3.88. The predicted octanol–water partition coefficient (Wildman–Crippen LogP) is 0.711. The van der Waals surface area contributed by atoms with E-state index >= 15 is 0 Å². The number of thioether (sulfide) groups is 1. The molecule has 1 amide bonds. The van der Waals surface area contributed by atoms with Crippen molar-refractivity contribution in [1.29, 1.82) is 0 Å². The number of benzene rings is 1. The van der Waals surface area contributed by atoms with E-state index in [0.29, 0.717) is 11.4 Å². The number of likely N-dealkylation sites (N-methyl/N-ethyl adjacent to an activating group) is 2. The first-order chi connectivity index (χ1) is 9.74. The van der Waals surface area contributed by atoms with Crippen LogP contribution in [0.3, 0.4) is 0 Å². The molecule has 0 fully saturated rings. The van der Waals surface area contributed by atoms with Crippen LogP contribution in [-0.4, -0.2) is 62.7 Å². The molecule has 0 heterocycles. The summed E-state index contributed by atoms with van der Waals surface area (Å²) >= 11 is 1.39. The molecule has 0 bridgehead atoms. The van der Waals surface area contributed by atoms with Gasteiger partial charge in [0.25, 0.3) is 0 Å². The Hall–Kier alpha value is -1.25. The van der Waals surface area contributed by atoms with Crippen LogP contribution < -0.4 is 5.73 Å². The fourth-order valence-electron chi connectivity index (χ4n) is 1.45. The van der Waals surface area contributed by atoms with E-state index in [9.17, 15) is 13.2 Å². The number of para-hydroxylation sites is 1. The summed E-state index contributed by atoms with van der Waals surface area (Å²) < 4.78 is 25.2. The van der Waals surface area contributed by atoms with Gasteiger partial charge < -0.3 is 10.6 Å². The van der Waals surface area contributed by atoms with Gasteiger partial charge in [0, 0.05) is 37.5 Å². The SMILES string of the molecule is CN(C)C(=O)CN(C)S(=O)(=O)CCSc1ccccc1N. The maximum absolute atomic E-state index is 12.1. The van der Waals surface area contributed by atoms with Crippen molar-refractivity contribution in [2.75, 3.05) is 44.9 Å². The van der Waals surface area contributed by atoms with E-state index in [-0.39, 0.29) is 18.2 Å². The smallest absolute Gasteiger partial charge is 0.237 e. The van der Waals surface area contributed by atoms with Crippen LogP contribution in [-0.2, 0) is 14.8 Å². The van der Waals surface area contributed by atoms with Gasteiger partial charge >= 0.3 is 0 Å². The summed E-state index contributed by atoms with van der Waals surface area (Å²) in [5.41, 5.74) is 6.43. The van der Waals surface area contributed by atoms with Gasteiger partial charge in [0.15, 0.2) is 0 Å². The molecule has 0 spiro atoms. The quantitative estimate of drug-likeness (QED) is 0.588. The number of carbonyl (C=O) groups excluding carboxylic acids is 1. The molecule has 0 aliphatic heterocycles. The first kappa shape index (κ1) is 17.8. The minimum absolute atomic E-state index is 0.0385. The van der Waals surface area contributed by atoms with Gasteiger partial charge in [-0.25, -0.2) is 8.42 Å². The Morgan fingerprint density at radius 3 is 2.43 bits per heavy atom. The summed E-state index contributed by atoms with van der Waals surface area (Å²) in [4.78, 5) is 13.8. The van der Waals surface area contributed by atoms with Crippen molar-refractivity contribution in [3.63, 3.8) is 0 Å². The van der Waals surface area contributed by atoms with Crippen molar-refractivity contribution < 1.29 is 13.2 Å². The number of nitrogen functional groups attached to an aromatic ring is 1. The maximum atomic E-state index is 12.1. The third-order valence-corrected chi connectivity index (χ3v) is 6.00. The molecule has 1 aromatic carbocycles. The zero-order valence-corrected chi connectivity index (χ0v) is 14.1. The highest BCUT2D eigenvalue weighted by Gasteiger charge is 2.21. The van der Waals surface area contributed by atoms with Crippen molar-refractivity contribution in [3.8, 4) is 0 Å². The second-order valence-electron chi connectivity index (χ2n) is 4.75. The molecule has 0 saturated carbocycles. The van der Waals surface area contributed by atoms with E-state index in [4.69, 9.17) is 5.73 Å². The number of sulfonamides is 1. The van der Waals surface area contributed by atoms with Gasteiger partial charge in [-0.15, -0.1) is 11.8 Å². The van der Waals surface area contributed by atoms with E-state index < -0.39 is 10.0 Å². The Morgan fingerprint density at radius 2 is 1.86 bits per heavy atom. The lowest BCUT2D eigenvalue weighted by Crippen LogP contribution is -2.39. The normalized spacial score (nSPS) is 11.6. The summed E-state index contributed by atoms with van der Waals surface area (Å²) in [7, 11) is 1.16. The van der Waals surface area contributed by atoms with Crippen molar-refractivity contribution >= 4 is 33.4 Å². The molecule has 118 valence electrons. The highest BCUT2D eigenvalue weighted by Crippen LogP contribution is 2.24. The molecule has 0 aliphatic rings.